The molecular weight excluding hydrogens is 625 g/mol. The Balaban J connectivity index is 1.38. The lowest BCUT2D eigenvalue weighted by atomic mass is 10.1. The van der Waals surface area contributed by atoms with Gasteiger partial charge in [-0.25, -0.2) is 4.98 Å². The van der Waals surface area contributed by atoms with Crippen molar-refractivity contribution in [2.24, 2.45) is 0 Å². The van der Waals surface area contributed by atoms with Crippen molar-refractivity contribution >= 4 is 54.6 Å². The molecule has 4 heterocycles. The molecule has 4 aromatic heterocycles. The standard InChI is InChI=1S/C45H28N6/c1-5-15-29(16-6-1)43-46-44(30-17-7-2-8-18-30)48-45(47-43)51-35-25-13-23-33-39(35)41-37(49(33)31-19-9-3-10-20-31)27-28-38-42(41)40-34(24-14-26-36(40)51)50(38)32-21-11-4-12-22-32/h1-28H. The maximum absolute atomic E-state index is 5.28. The Hall–Kier alpha value is -7.05. The molecule has 7 aromatic carbocycles. The van der Waals surface area contributed by atoms with Gasteiger partial charge in [0.25, 0.3) is 0 Å². The van der Waals surface area contributed by atoms with E-state index >= 15 is 0 Å². The molecule has 6 heteroatoms. The second-order valence-corrected chi connectivity index (χ2v) is 12.9. The van der Waals surface area contributed by atoms with Crippen LogP contribution in [0, 0.1) is 0 Å². The average Bonchev–Trinajstić information content (AvgIpc) is 3.68. The van der Waals surface area contributed by atoms with Gasteiger partial charge in [-0.05, 0) is 60.7 Å². The van der Waals surface area contributed by atoms with E-state index in [9.17, 15) is 0 Å². The number of hydrogen-bond donors (Lipinski definition) is 0. The van der Waals surface area contributed by atoms with Crippen molar-refractivity contribution < 1.29 is 0 Å². The van der Waals surface area contributed by atoms with Gasteiger partial charge in [-0.1, -0.05) is 109 Å². The van der Waals surface area contributed by atoms with Crippen LogP contribution in [0.4, 0.5) is 0 Å². The monoisotopic (exact) mass is 652 g/mol. The number of hydrogen-bond acceptors (Lipinski definition) is 3. The molecule has 0 fully saturated rings. The van der Waals surface area contributed by atoms with Crippen LogP contribution in [0.2, 0.25) is 0 Å². The minimum absolute atomic E-state index is 0.566. The van der Waals surface area contributed by atoms with E-state index in [0.29, 0.717) is 17.6 Å². The third kappa shape index (κ3) is 4.01. The van der Waals surface area contributed by atoms with Gasteiger partial charge in [0, 0.05) is 44.0 Å². The summed E-state index contributed by atoms with van der Waals surface area (Å²) >= 11 is 0. The lowest BCUT2D eigenvalue weighted by molar-refractivity contribution is 0.951. The smallest absolute Gasteiger partial charge is 0.238 e. The molecule has 0 radical (unpaired) electrons. The summed E-state index contributed by atoms with van der Waals surface area (Å²) in [6, 6.07) is 59.4. The van der Waals surface area contributed by atoms with Crippen molar-refractivity contribution in [1.29, 1.82) is 0 Å². The summed E-state index contributed by atoms with van der Waals surface area (Å²) in [6.07, 6.45) is 0. The third-order valence-corrected chi connectivity index (χ3v) is 10.1. The fourth-order valence-electron chi connectivity index (χ4n) is 7.99. The average molecular weight is 653 g/mol. The van der Waals surface area contributed by atoms with E-state index in [0.717, 1.165) is 66.4 Å². The second kappa shape index (κ2) is 10.7. The molecule has 0 bridgehead atoms. The highest BCUT2D eigenvalue weighted by atomic mass is 15.2. The summed E-state index contributed by atoms with van der Waals surface area (Å²) in [5.41, 5.74) is 10.7. The zero-order valence-electron chi connectivity index (χ0n) is 27.3. The normalized spacial score (nSPS) is 11.9. The largest absolute Gasteiger partial charge is 0.309 e. The molecule has 0 saturated carbocycles. The number of nitrogens with zero attached hydrogens (tertiary/aromatic N) is 6. The molecule has 0 aliphatic rings. The summed E-state index contributed by atoms with van der Waals surface area (Å²) in [5, 5.41) is 4.76. The quantitative estimate of drug-likeness (QED) is 0.186. The Labute approximate surface area is 292 Å². The van der Waals surface area contributed by atoms with Crippen LogP contribution in [0.1, 0.15) is 0 Å². The molecule has 0 unspecified atom stereocenters. The molecule has 11 aromatic rings. The van der Waals surface area contributed by atoms with E-state index in [1.54, 1.807) is 0 Å². The van der Waals surface area contributed by atoms with E-state index in [-0.39, 0.29) is 0 Å². The summed E-state index contributed by atoms with van der Waals surface area (Å²) in [5.74, 6) is 1.82. The predicted molar refractivity (Wildman–Crippen MR) is 207 cm³/mol. The molecule has 0 N–H and O–H groups in total. The Kier molecular flexibility index (Phi) is 5.86. The molecule has 0 aliphatic heterocycles. The number of aromatic nitrogens is 6. The fraction of sp³-hybridized carbons (Fsp3) is 0. The van der Waals surface area contributed by atoms with Gasteiger partial charge in [0.05, 0.1) is 33.1 Å². The Morgan fingerprint density at radius 2 is 0.627 bits per heavy atom. The lowest BCUT2D eigenvalue weighted by Crippen LogP contribution is -2.07. The van der Waals surface area contributed by atoms with Crippen molar-refractivity contribution in [3.8, 4) is 40.1 Å². The van der Waals surface area contributed by atoms with Crippen LogP contribution in [-0.4, -0.2) is 28.7 Å². The lowest BCUT2D eigenvalue weighted by Gasteiger charge is -2.14. The molecule has 0 spiro atoms. The topological polar surface area (TPSA) is 53.5 Å². The van der Waals surface area contributed by atoms with Gasteiger partial charge >= 0.3 is 0 Å². The zero-order chi connectivity index (χ0) is 33.5. The molecule has 6 nitrogen and oxygen atoms in total. The fourth-order valence-corrected chi connectivity index (χ4v) is 7.99. The van der Waals surface area contributed by atoms with Gasteiger partial charge in [-0.2, -0.15) is 9.97 Å². The summed E-state index contributed by atoms with van der Waals surface area (Å²) in [7, 11) is 0. The van der Waals surface area contributed by atoms with Crippen molar-refractivity contribution in [3.63, 3.8) is 0 Å². The SMILES string of the molecule is c1ccc(-c2nc(-c3ccccc3)nc(-n3c4cccc5c4c4c6c7c(cccc73)n(-c3ccccc3)c6ccc4n5-c3ccccc3)n2)cc1. The number of para-hydroxylation sites is 2. The first-order valence-corrected chi connectivity index (χ1v) is 17.1. The van der Waals surface area contributed by atoms with Crippen molar-refractivity contribution in [2.45, 2.75) is 0 Å². The van der Waals surface area contributed by atoms with Crippen LogP contribution in [0.5, 0.6) is 0 Å². The summed E-state index contributed by atoms with van der Waals surface area (Å²) in [4.78, 5) is 15.6. The molecule has 238 valence electrons. The van der Waals surface area contributed by atoms with Crippen LogP contribution in [-0.2, 0) is 0 Å². The van der Waals surface area contributed by atoms with E-state index in [1.807, 2.05) is 36.4 Å². The highest BCUT2D eigenvalue weighted by Crippen LogP contribution is 2.47. The van der Waals surface area contributed by atoms with Crippen molar-refractivity contribution in [2.75, 3.05) is 0 Å². The van der Waals surface area contributed by atoms with Crippen LogP contribution in [0.15, 0.2) is 170 Å². The second-order valence-electron chi connectivity index (χ2n) is 12.9. The molecule has 51 heavy (non-hydrogen) atoms. The van der Waals surface area contributed by atoms with Gasteiger partial charge in [-0.3, -0.25) is 4.57 Å². The van der Waals surface area contributed by atoms with Gasteiger partial charge in [0.2, 0.25) is 5.95 Å². The zero-order valence-corrected chi connectivity index (χ0v) is 27.3. The van der Waals surface area contributed by atoms with Crippen LogP contribution in [0.3, 0.4) is 0 Å². The Bertz CT molecular complexity index is 2850. The van der Waals surface area contributed by atoms with E-state index in [2.05, 4.69) is 147 Å². The van der Waals surface area contributed by atoms with Crippen molar-refractivity contribution in [1.82, 2.24) is 28.7 Å². The van der Waals surface area contributed by atoms with E-state index in [1.165, 1.54) is 10.8 Å². The van der Waals surface area contributed by atoms with Crippen LogP contribution in [0.25, 0.3) is 94.7 Å². The van der Waals surface area contributed by atoms with Gasteiger partial charge in [-0.15, -0.1) is 0 Å². The molecular formula is C45H28N6. The summed E-state index contributed by atoms with van der Waals surface area (Å²) < 4.78 is 7.04. The van der Waals surface area contributed by atoms with E-state index < -0.39 is 0 Å². The first kappa shape index (κ1) is 27.9. The number of rotatable bonds is 5. The molecule has 0 aliphatic carbocycles. The molecule has 0 atom stereocenters. The van der Waals surface area contributed by atoms with Crippen LogP contribution >= 0.6 is 0 Å². The number of benzene rings is 7. The molecule has 0 saturated heterocycles. The summed E-state index contributed by atoms with van der Waals surface area (Å²) in [6.45, 7) is 0. The Morgan fingerprint density at radius 1 is 0.275 bits per heavy atom. The van der Waals surface area contributed by atoms with Gasteiger partial charge in [0.15, 0.2) is 11.6 Å². The highest BCUT2D eigenvalue weighted by molar-refractivity contribution is 6.35. The maximum Gasteiger partial charge on any atom is 0.238 e. The highest BCUT2D eigenvalue weighted by Gasteiger charge is 2.26. The molecule has 11 rings (SSSR count). The Morgan fingerprint density at radius 3 is 1.04 bits per heavy atom. The van der Waals surface area contributed by atoms with Gasteiger partial charge < -0.3 is 9.13 Å². The van der Waals surface area contributed by atoms with Crippen molar-refractivity contribution in [3.05, 3.63) is 170 Å². The first-order valence-electron chi connectivity index (χ1n) is 17.1. The van der Waals surface area contributed by atoms with Crippen LogP contribution < -0.4 is 0 Å². The molecule has 0 amide bonds. The third-order valence-electron chi connectivity index (χ3n) is 10.1. The maximum atomic E-state index is 5.28. The van der Waals surface area contributed by atoms with Gasteiger partial charge in [0.1, 0.15) is 0 Å². The first-order chi connectivity index (χ1) is 25.3. The predicted octanol–water partition coefficient (Wildman–Crippen LogP) is 10.8. The van der Waals surface area contributed by atoms with E-state index in [4.69, 9.17) is 15.0 Å². The minimum Gasteiger partial charge on any atom is -0.309 e. The minimum atomic E-state index is 0.566.